The molecule has 0 aromatic carbocycles. The molecular formula is C16H26N2O4S. The molecule has 2 rings (SSSR count). The quantitative estimate of drug-likeness (QED) is 0.821. The summed E-state index contributed by atoms with van der Waals surface area (Å²) < 4.78 is 30.2. The Kier molecular flexibility index (Phi) is 5.49. The molecular weight excluding hydrogens is 316 g/mol. The molecule has 6 nitrogen and oxygen atoms in total. The van der Waals surface area contributed by atoms with Crippen molar-refractivity contribution >= 4 is 15.7 Å². The van der Waals surface area contributed by atoms with Gasteiger partial charge in [-0.15, -0.1) is 0 Å². The standard InChI is InChI=1S/C16H26N2O4S/c1-11-15(12(2)22-17-11)10-23(20,21)13(3)16(19)18(4)14-8-6-5-7-9-14/h13-14H,5-10H2,1-4H3. The average molecular weight is 342 g/mol. The minimum absolute atomic E-state index is 0.160. The van der Waals surface area contributed by atoms with E-state index in [2.05, 4.69) is 5.16 Å². The summed E-state index contributed by atoms with van der Waals surface area (Å²) in [6, 6.07) is 0.160. The van der Waals surface area contributed by atoms with Crippen molar-refractivity contribution in [3.05, 3.63) is 17.0 Å². The lowest BCUT2D eigenvalue weighted by Crippen LogP contribution is -2.45. The molecule has 0 spiro atoms. The van der Waals surface area contributed by atoms with Gasteiger partial charge in [-0.05, 0) is 33.6 Å². The number of hydrogen-bond acceptors (Lipinski definition) is 5. The SMILES string of the molecule is Cc1noc(C)c1CS(=O)(=O)C(C)C(=O)N(C)C1CCCCC1. The highest BCUT2D eigenvalue weighted by atomic mass is 32.2. The van der Waals surface area contributed by atoms with Crippen LogP contribution in [0, 0.1) is 13.8 Å². The fourth-order valence-electron chi connectivity index (χ4n) is 3.12. The number of sulfone groups is 1. The summed E-state index contributed by atoms with van der Waals surface area (Å²) in [7, 11) is -1.88. The van der Waals surface area contributed by atoms with E-state index in [1.165, 1.54) is 13.3 Å². The van der Waals surface area contributed by atoms with E-state index in [9.17, 15) is 13.2 Å². The van der Waals surface area contributed by atoms with Gasteiger partial charge in [-0.3, -0.25) is 4.79 Å². The fraction of sp³-hybridized carbons (Fsp3) is 0.750. The van der Waals surface area contributed by atoms with Gasteiger partial charge in [0.15, 0.2) is 9.84 Å². The number of aromatic nitrogens is 1. The van der Waals surface area contributed by atoms with Crippen LogP contribution in [0.4, 0.5) is 0 Å². The van der Waals surface area contributed by atoms with Gasteiger partial charge in [-0.2, -0.15) is 0 Å². The Morgan fingerprint density at radius 3 is 2.43 bits per heavy atom. The number of hydrogen-bond donors (Lipinski definition) is 0. The van der Waals surface area contributed by atoms with E-state index in [1.807, 2.05) is 0 Å². The lowest BCUT2D eigenvalue weighted by molar-refractivity contribution is -0.131. The summed E-state index contributed by atoms with van der Waals surface area (Å²) in [6.07, 6.45) is 5.31. The summed E-state index contributed by atoms with van der Waals surface area (Å²) in [5.41, 5.74) is 1.12. The van der Waals surface area contributed by atoms with Gasteiger partial charge in [0.1, 0.15) is 11.0 Å². The molecule has 1 saturated carbocycles. The molecule has 1 fully saturated rings. The van der Waals surface area contributed by atoms with Crippen molar-refractivity contribution in [2.75, 3.05) is 7.05 Å². The van der Waals surface area contributed by atoms with Gasteiger partial charge >= 0.3 is 0 Å². The van der Waals surface area contributed by atoms with Crippen molar-refractivity contribution in [2.45, 2.75) is 69.9 Å². The molecule has 1 heterocycles. The maximum absolute atomic E-state index is 12.6. The summed E-state index contributed by atoms with van der Waals surface area (Å²) >= 11 is 0. The monoisotopic (exact) mass is 342 g/mol. The zero-order valence-electron chi connectivity index (χ0n) is 14.3. The second kappa shape index (κ2) is 7.03. The molecule has 1 atom stereocenters. The van der Waals surface area contributed by atoms with Gasteiger partial charge < -0.3 is 9.42 Å². The zero-order chi connectivity index (χ0) is 17.2. The van der Waals surface area contributed by atoms with Crippen LogP contribution in [-0.4, -0.2) is 42.7 Å². The topological polar surface area (TPSA) is 80.5 Å². The van der Waals surface area contributed by atoms with Crippen LogP contribution in [0.25, 0.3) is 0 Å². The third kappa shape index (κ3) is 3.94. The van der Waals surface area contributed by atoms with Gasteiger partial charge in [-0.25, -0.2) is 8.42 Å². The first kappa shape index (κ1) is 18.0. The first-order chi connectivity index (χ1) is 10.7. The van der Waals surface area contributed by atoms with E-state index >= 15 is 0 Å². The number of nitrogens with zero attached hydrogens (tertiary/aromatic N) is 2. The summed E-state index contributed by atoms with van der Waals surface area (Å²) in [5, 5.41) is 2.73. The molecule has 1 aromatic heterocycles. The van der Waals surface area contributed by atoms with E-state index in [0.717, 1.165) is 25.7 Å². The molecule has 0 aliphatic heterocycles. The summed E-state index contributed by atoms with van der Waals surface area (Å²) in [4.78, 5) is 14.2. The molecule has 130 valence electrons. The smallest absolute Gasteiger partial charge is 0.240 e. The minimum Gasteiger partial charge on any atom is -0.361 e. The van der Waals surface area contributed by atoms with Crippen molar-refractivity contribution in [3.63, 3.8) is 0 Å². The fourth-order valence-corrected chi connectivity index (χ4v) is 4.66. The Bertz CT molecular complexity index is 640. The van der Waals surface area contributed by atoms with Crippen LogP contribution in [0.3, 0.4) is 0 Å². The lowest BCUT2D eigenvalue weighted by Gasteiger charge is -2.32. The molecule has 0 bridgehead atoms. The maximum Gasteiger partial charge on any atom is 0.240 e. The van der Waals surface area contributed by atoms with Crippen LogP contribution < -0.4 is 0 Å². The van der Waals surface area contributed by atoms with Crippen molar-refractivity contribution in [1.82, 2.24) is 10.1 Å². The van der Waals surface area contributed by atoms with Gasteiger partial charge in [0.25, 0.3) is 0 Å². The van der Waals surface area contributed by atoms with Crippen molar-refractivity contribution < 1.29 is 17.7 Å². The van der Waals surface area contributed by atoms with E-state index in [1.54, 1.807) is 25.8 Å². The normalized spacial score (nSPS) is 17.9. The predicted molar refractivity (Wildman–Crippen MR) is 87.7 cm³/mol. The van der Waals surface area contributed by atoms with Crippen LogP contribution in [0.1, 0.15) is 56.0 Å². The van der Waals surface area contributed by atoms with Crippen molar-refractivity contribution in [3.8, 4) is 0 Å². The Hall–Kier alpha value is -1.37. The first-order valence-corrected chi connectivity index (χ1v) is 9.85. The number of aryl methyl sites for hydroxylation is 2. The van der Waals surface area contributed by atoms with Crippen molar-refractivity contribution in [1.29, 1.82) is 0 Å². The van der Waals surface area contributed by atoms with E-state index < -0.39 is 15.1 Å². The van der Waals surface area contributed by atoms with Crippen LogP contribution in [0.15, 0.2) is 4.52 Å². The molecule has 1 aliphatic carbocycles. The van der Waals surface area contributed by atoms with E-state index in [0.29, 0.717) is 17.0 Å². The summed E-state index contributed by atoms with van der Waals surface area (Å²) in [6.45, 7) is 4.88. The Morgan fingerprint density at radius 1 is 1.30 bits per heavy atom. The van der Waals surface area contributed by atoms with Gasteiger partial charge in [-0.1, -0.05) is 24.4 Å². The Balaban J connectivity index is 2.10. The predicted octanol–water partition coefficient (Wildman–Crippen LogP) is 2.39. The third-order valence-corrected chi connectivity index (χ3v) is 6.85. The van der Waals surface area contributed by atoms with Crippen LogP contribution >= 0.6 is 0 Å². The second-order valence-corrected chi connectivity index (χ2v) is 8.81. The van der Waals surface area contributed by atoms with E-state index in [-0.39, 0.29) is 17.7 Å². The molecule has 0 saturated heterocycles. The average Bonchev–Trinajstić information content (AvgIpc) is 2.85. The first-order valence-electron chi connectivity index (χ1n) is 8.14. The summed E-state index contributed by atoms with van der Waals surface area (Å²) in [5.74, 6) is -0.0328. The highest BCUT2D eigenvalue weighted by Crippen LogP contribution is 2.24. The second-order valence-electron chi connectivity index (χ2n) is 6.49. The largest absolute Gasteiger partial charge is 0.361 e. The maximum atomic E-state index is 12.6. The highest BCUT2D eigenvalue weighted by molar-refractivity contribution is 7.92. The third-order valence-electron chi connectivity index (χ3n) is 4.88. The van der Waals surface area contributed by atoms with Gasteiger partial charge in [0.05, 0.1) is 11.4 Å². The Labute approximate surface area is 138 Å². The number of carbonyl (C=O) groups excluding carboxylic acids is 1. The number of carbonyl (C=O) groups is 1. The van der Waals surface area contributed by atoms with Crippen LogP contribution in [-0.2, 0) is 20.4 Å². The zero-order valence-corrected chi connectivity index (χ0v) is 15.1. The highest BCUT2D eigenvalue weighted by Gasteiger charge is 2.34. The molecule has 0 N–H and O–H groups in total. The van der Waals surface area contributed by atoms with E-state index in [4.69, 9.17) is 4.52 Å². The molecule has 1 aromatic rings. The van der Waals surface area contributed by atoms with Gasteiger partial charge in [0, 0.05) is 18.7 Å². The van der Waals surface area contributed by atoms with Crippen LogP contribution in [0.5, 0.6) is 0 Å². The Morgan fingerprint density at radius 2 is 1.91 bits per heavy atom. The molecule has 0 radical (unpaired) electrons. The molecule has 23 heavy (non-hydrogen) atoms. The molecule has 1 unspecified atom stereocenters. The number of rotatable bonds is 5. The molecule has 1 amide bonds. The lowest BCUT2D eigenvalue weighted by atomic mass is 9.94. The minimum atomic E-state index is -3.60. The van der Waals surface area contributed by atoms with Crippen LogP contribution in [0.2, 0.25) is 0 Å². The van der Waals surface area contributed by atoms with Gasteiger partial charge in [0.2, 0.25) is 5.91 Å². The molecule has 1 aliphatic rings. The molecule has 7 heteroatoms. The van der Waals surface area contributed by atoms with Crippen molar-refractivity contribution in [2.24, 2.45) is 0 Å². The number of amides is 1.